The average molecular weight is 266 g/mol. The van der Waals surface area contributed by atoms with E-state index >= 15 is 0 Å². The zero-order valence-electron chi connectivity index (χ0n) is 10.5. The number of fused-ring (bicyclic) bond motifs is 1. The van der Waals surface area contributed by atoms with E-state index in [0.29, 0.717) is 11.5 Å². The molecule has 3 aromatic carbocycles. The minimum absolute atomic E-state index is 0.0114. The number of hydrogen-bond donors (Lipinski definition) is 0. The predicted molar refractivity (Wildman–Crippen MR) is 75.9 cm³/mol. The zero-order valence-corrected chi connectivity index (χ0v) is 10.5. The zero-order chi connectivity index (χ0) is 13.9. The highest BCUT2D eigenvalue weighted by Gasteiger charge is 2.07. The molecule has 0 spiro atoms. The maximum Gasteiger partial charge on any atom is 0.332 e. The maximum absolute atomic E-state index is 12.7. The molecule has 0 heterocycles. The first-order chi connectivity index (χ1) is 9.74. The quantitative estimate of drug-likeness (QED) is 0.640. The Morgan fingerprint density at radius 3 is 2.50 bits per heavy atom. The number of halogens is 1. The number of ether oxygens (including phenoxy) is 1. The van der Waals surface area contributed by atoms with Crippen LogP contribution in [0.5, 0.6) is 11.5 Å². The number of benzene rings is 3. The van der Waals surface area contributed by atoms with E-state index in [4.69, 9.17) is 4.74 Å². The second-order valence-corrected chi connectivity index (χ2v) is 4.38. The van der Waals surface area contributed by atoms with Crippen LogP contribution >= 0.6 is 0 Å². The van der Waals surface area contributed by atoms with Crippen LogP contribution in [0.15, 0.2) is 66.7 Å². The van der Waals surface area contributed by atoms with E-state index in [1.165, 1.54) is 12.1 Å². The average Bonchev–Trinajstić information content (AvgIpc) is 2.48. The summed E-state index contributed by atoms with van der Waals surface area (Å²) in [5.41, 5.74) is -0.0114. The van der Waals surface area contributed by atoms with Crippen LogP contribution in [0.25, 0.3) is 10.8 Å². The van der Waals surface area contributed by atoms with Crippen molar-refractivity contribution in [2.75, 3.05) is 0 Å². The Kier molecular flexibility index (Phi) is 3.17. The lowest BCUT2D eigenvalue weighted by Crippen LogP contribution is -1.91. The van der Waals surface area contributed by atoms with Gasteiger partial charge in [-0.15, -0.1) is 0 Å². The fourth-order valence-corrected chi connectivity index (χ4v) is 2.09. The topological polar surface area (TPSA) is 26.3 Å². The van der Waals surface area contributed by atoms with Crippen molar-refractivity contribution < 1.29 is 13.9 Å². The van der Waals surface area contributed by atoms with Crippen LogP contribution in [-0.2, 0) is 0 Å². The first kappa shape index (κ1) is 12.4. The highest BCUT2D eigenvalue weighted by molar-refractivity contribution is 5.90. The van der Waals surface area contributed by atoms with Gasteiger partial charge in [-0.05, 0) is 29.7 Å². The van der Waals surface area contributed by atoms with Crippen LogP contribution < -0.4 is 4.74 Å². The van der Waals surface area contributed by atoms with Gasteiger partial charge in [-0.25, -0.2) is 0 Å². The van der Waals surface area contributed by atoms with E-state index in [-0.39, 0.29) is 5.56 Å². The molecule has 0 fully saturated rings. The van der Waals surface area contributed by atoms with Crippen molar-refractivity contribution in [2.24, 2.45) is 0 Å². The summed E-state index contributed by atoms with van der Waals surface area (Å²) < 4.78 is 18.5. The molecule has 0 N–H and O–H groups in total. The molecule has 0 atom stereocenters. The van der Waals surface area contributed by atoms with Crippen LogP contribution in [-0.4, -0.2) is 6.04 Å². The predicted octanol–water partition coefficient (Wildman–Crippen LogP) is 4.74. The minimum atomic E-state index is -1.46. The summed E-state index contributed by atoms with van der Waals surface area (Å²) >= 11 is 0. The van der Waals surface area contributed by atoms with Gasteiger partial charge in [0.2, 0.25) is 0 Å². The van der Waals surface area contributed by atoms with Gasteiger partial charge < -0.3 is 4.74 Å². The molecule has 0 saturated carbocycles. The summed E-state index contributed by atoms with van der Waals surface area (Å²) in [6.45, 7) is 0. The highest BCUT2D eigenvalue weighted by Crippen LogP contribution is 2.30. The molecule has 2 nitrogen and oxygen atoms in total. The second kappa shape index (κ2) is 5.13. The van der Waals surface area contributed by atoms with Gasteiger partial charge in [0.05, 0.1) is 5.56 Å². The fourth-order valence-electron chi connectivity index (χ4n) is 2.09. The third kappa shape index (κ3) is 2.38. The van der Waals surface area contributed by atoms with E-state index in [2.05, 4.69) is 0 Å². The first-order valence-electron chi connectivity index (χ1n) is 6.19. The van der Waals surface area contributed by atoms with E-state index in [1.807, 2.05) is 42.5 Å². The van der Waals surface area contributed by atoms with E-state index in [9.17, 15) is 9.18 Å². The third-order valence-corrected chi connectivity index (χ3v) is 3.04. The smallest absolute Gasteiger partial charge is 0.332 e. The Morgan fingerprint density at radius 1 is 0.900 bits per heavy atom. The molecule has 0 amide bonds. The minimum Gasteiger partial charge on any atom is -0.457 e. The highest BCUT2D eigenvalue weighted by atomic mass is 19.1. The number of carbonyl (C=O) groups excluding carboxylic acids is 1. The lowest BCUT2D eigenvalue weighted by atomic mass is 10.1. The van der Waals surface area contributed by atoms with Crippen molar-refractivity contribution >= 4 is 16.8 Å². The molecule has 98 valence electrons. The van der Waals surface area contributed by atoms with Crippen LogP contribution in [0.1, 0.15) is 10.4 Å². The Bertz CT molecular complexity index is 775. The Hall–Kier alpha value is -2.68. The van der Waals surface area contributed by atoms with Gasteiger partial charge in [-0.3, -0.25) is 4.79 Å². The molecule has 0 saturated heterocycles. The van der Waals surface area contributed by atoms with Crippen LogP contribution in [0.4, 0.5) is 4.39 Å². The summed E-state index contributed by atoms with van der Waals surface area (Å²) in [7, 11) is 0. The Morgan fingerprint density at radius 2 is 1.65 bits per heavy atom. The lowest BCUT2D eigenvalue weighted by molar-refractivity contribution is 0.0835. The normalized spacial score (nSPS) is 10.4. The first-order valence-corrected chi connectivity index (χ1v) is 6.19. The van der Waals surface area contributed by atoms with E-state index in [0.717, 1.165) is 10.8 Å². The van der Waals surface area contributed by atoms with Gasteiger partial charge in [-0.2, -0.15) is 4.39 Å². The number of rotatable bonds is 3. The molecule has 20 heavy (non-hydrogen) atoms. The molecule has 0 aliphatic carbocycles. The van der Waals surface area contributed by atoms with Crippen LogP contribution in [0.2, 0.25) is 0 Å². The van der Waals surface area contributed by atoms with Crippen molar-refractivity contribution in [3.05, 3.63) is 72.3 Å². The number of carbonyl (C=O) groups is 1. The molecule has 0 unspecified atom stereocenters. The van der Waals surface area contributed by atoms with Crippen molar-refractivity contribution in [3.8, 4) is 11.5 Å². The van der Waals surface area contributed by atoms with Crippen molar-refractivity contribution in [1.29, 1.82) is 0 Å². The maximum atomic E-state index is 12.7. The molecular weight excluding hydrogens is 255 g/mol. The van der Waals surface area contributed by atoms with E-state index in [1.54, 1.807) is 12.1 Å². The van der Waals surface area contributed by atoms with Crippen molar-refractivity contribution in [2.45, 2.75) is 0 Å². The molecule has 0 aromatic heterocycles. The van der Waals surface area contributed by atoms with Crippen molar-refractivity contribution in [1.82, 2.24) is 0 Å². The summed E-state index contributed by atoms with van der Waals surface area (Å²) in [5, 5.41) is 2.02. The van der Waals surface area contributed by atoms with Crippen molar-refractivity contribution in [3.63, 3.8) is 0 Å². The third-order valence-electron chi connectivity index (χ3n) is 3.04. The summed E-state index contributed by atoms with van der Waals surface area (Å²) in [6.07, 6.45) is 0. The fraction of sp³-hybridized carbons (Fsp3) is 0. The number of hydrogen-bond acceptors (Lipinski definition) is 2. The van der Waals surface area contributed by atoms with Gasteiger partial charge in [0.15, 0.2) is 0 Å². The van der Waals surface area contributed by atoms with Gasteiger partial charge in [0.1, 0.15) is 11.5 Å². The second-order valence-electron chi connectivity index (χ2n) is 4.38. The summed E-state index contributed by atoms with van der Waals surface area (Å²) in [6, 6.07) is 18.2. The molecular formula is C17H11FO2. The van der Waals surface area contributed by atoms with Crippen LogP contribution in [0.3, 0.4) is 0 Å². The van der Waals surface area contributed by atoms with E-state index < -0.39 is 6.04 Å². The van der Waals surface area contributed by atoms with Gasteiger partial charge in [-0.1, -0.05) is 42.5 Å². The molecule has 0 aliphatic rings. The summed E-state index contributed by atoms with van der Waals surface area (Å²) in [4.78, 5) is 10.7. The monoisotopic (exact) mass is 266 g/mol. The van der Waals surface area contributed by atoms with Crippen LogP contribution in [0, 0.1) is 0 Å². The molecule has 3 heteroatoms. The molecule has 0 bridgehead atoms. The largest absolute Gasteiger partial charge is 0.457 e. The van der Waals surface area contributed by atoms with Gasteiger partial charge in [0, 0.05) is 5.39 Å². The Labute approximate surface area is 115 Å². The standard InChI is InChI=1S/C17H11FO2/c18-17(19)13-7-3-8-14(11-13)20-16-10-4-6-12-5-1-2-9-15(12)16/h1-11H. The van der Waals surface area contributed by atoms with Gasteiger partial charge >= 0.3 is 6.04 Å². The molecule has 3 rings (SSSR count). The molecule has 0 aliphatic heterocycles. The molecule has 3 aromatic rings. The molecule has 0 radical (unpaired) electrons. The Balaban J connectivity index is 2.01. The lowest BCUT2D eigenvalue weighted by Gasteiger charge is -2.09. The van der Waals surface area contributed by atoms with Gasteiger partial charge in [0.25, 0.3) is 0 Å². The SMILES string of the molecule is O=C(F)c1cccc(Oc2cccc3ccccc23)c1. The summed E-state index contributed by atoms with van der Waals surface area (Å²) in [5.74, 6) is 1.11.